The van der Waals surface area contributed by atoms with Crippen LogP contribution in [-0.2, 0) is 24.2 Å². The Bertz CT molecular complexity index is 1590. The molecule has 258 valence electrons. The first-order chi connectivity index (χ1) is 24.1. The molecule has 1 aromatic heterocycles. The summed E-state index contributed by atoms with van der Waals surface area (Å²) in [6.07, 6.45) is 12.1. The lowest BCUT2D eigenvalue weighted by Gasteiger charge is -2.32. The van der Waals surface area contributed by atoms with E-state index in [1.807, 2.05) is 23.1 Å². The van der Waals surface area contributed by atoms with E-state index in [2.05, 4.69) is 88.4 Å². The van der Waals surface area contributed by atoms with E-state index in [1.165, 1.54) is 55.6 Å². The van der Waals surface area contributed by atoms with Crippen LogP contribution in [0.5, 0.6) is 0 Å². The molecule has 3 aromatic carbocycles. The minimum absolute atomic E-state index is 0.145. The predicted octanol–water partition coefficient (Wildman–Crippen LogP) is 9.03. The quantitative estimate of drug-likeness (QED) is 0.137. The van der Waals surface area contributed by atoms with E-state index in [0.717, 1.165) is 79.3 Å². The van der Waals surface area contributed by atoms with Crippen LogP contribution in [0.3, 0.4) is 0 Å². The number of amides is 2. The minimum Gasteiger partial charge on any atom is -0.339 e. The predicted molar refractivity (Wildman–Crippen MR) is 203 cm³/mol. The van der Waals surface area contributed by atoms with Gasteiger partial charge in [0.2, 0.25) is 5.91 Å². The fourth-order valence-corrected chi connectivity index (χ4v) is 8.31. The molecule has 2 amide bonds. The molecule has 0 atom stereocenters. The summed E-state index contributed by atoms with van der Waals surface area (Å²) in [4.78, 5) is 32.6. The molecule has 2 aliphatic heterocycles. The summed E-state index contributed by atoms with van der Waals surface area (Å²) in [6, 6.07) is 31.2. The SMILES string of the molecule is O=C(CCCc1ccccc1)N(CCc1cccs1)Cc1cccc(-c2cccc(C(=O)N3CCC(CCCC4CCNCC4)CC3)c2)c1. The Balaban J connectivity index is 1.04. The number of piperidine rings is 2. The highest BCUT2D eigenvalue weighted by atomic mass is 32.1. The van der Waals surface area contributed by atoms with Gasteiger partial charge in [0, 0.05) is 43.0 Å². The fourth-order valence-electron chi connectivity index (χ4n) is 7.61. The van der Waals surface area contributed by atoms with Crippen molar-refractivity contribution in [3.63, 3.8) is 0 Å². The van der Waals surface area contributed by atoms with E-state index in [4.69, 9.17) is 0 Å². The number of thiophene rings is 1. The second-order valence-electron chi connectivity index (χ2n) is 14.1. The van der Waals surface area contributed by atoms with E-state index in [9.17, 15) is 9.59 Å². The summed E-state index contributed by atoms with van der Waals surface area (Å²) in [5.41, 5.74) is 5.27. The fraction of sp³-hybridized carbons (Fsp3) is 0.442. The number of carbonyl (C=O) groups excluding carboxylic acids is 2. The average Bonchev–Trinajstić information content (AvgIpc) is 3.68. The number of carbonyl (C=O) groups is 2. The van der Waals surface area contributed by atoms with Crippen LogP contribution in [0.2, 0.25) is 0 Å². The van der Waals surface area contributed by atoms with Crippen LogP contribution in [0.15, 0.2) is 96.4 Å². The Labute approximate surface area is 297 Å². The topological polar surface area (TPSA) is 52.7 Å². The lowest BCUT2D eigenvalue weighted by atomic mass is 9.87. The zero-order valence-electron chi connectivity index (χ0n) is 29.0. The molecular formula is C43H53N3O2S. The highest BCUT2D eigenvalue weighted by molar-refractivity contribution is 7.09. The van der Waals surface area contributed by atoms with Crippen LogP contribution < -0.4 is 5.32 Å². The summed E-state index contributed by atoms with van der Waals surface area (Å²) in [6.45, 7) is 5.37. The lowest BCUT2D eigenvalue weighted by molar-refractivity contribution is -0.131. The van der Waals surface area contributed by atoms with Crippen molar-refractivity contribution in [1.29, 1.82) is 0 Å². The van der Waals surface area contributed by atoms with Gasteiger partial charge in [0.25, 0.3) is 5.91 Å². The van der Waals surface area contributed by atoms with E-state index in [-0.39, 0.29) is 11.8 Å². The van der Waals surface area contributed by atoms with Gasteiger partial charge in [-0.25, -0.2) is 0 Å². The molecule has 2 saturated heterocycles. The van der Waals surface area contributed by atoms with Crippen LogP contribution in [0, 0.1) is 11.8 Å². The number of hydrogen-bond donors (Lipinski definition) is 1. The smallest absolute Gasteiger partial charge is 0.253 e. The third kappa shape index (κ3) is 10.6. The monoisotopic (exact) mass is 675 g/mol. The largest absolute Gasteiger partial charge is 0.339 e. The first-order valence-corrected chi connectivity index (χ1v) is 19.5. The minimum atomic E-state index is 0.145. The van der Waals surface area contributed by atoms with Gasteiger partial charge in [-0.15, -0.1) is 11.3 Å². The zero-order valence-corrected chi connectivity index (χ0v) is 29.8. The normalized spacial score (nSPS) is 15.7. The molecule has 5 nitrogen and oxygen atoms in total. The van der Waals surface area contributed by atoms with Gasteiger partial charge in [-0.05, 0) is 122 Å². The molecule has 1 N–H and O–H groups in total. The molecule has 4 aromatic rings. The Hall–Kier alpha value is -3.74. The number of nitrogens with zero attached hydrogens (tertiary/aromatic N) is 2. The highest BCUT2D eigenvalue weighted by Gasteiger charge is 2.24. The van der Waals surface area contributed by atoms with Crippen LogP contribution in [-0.4, -0.2) is 54.3 Å². The van der Waals surface area contributed by atoms with Crippen molar-refractivity contribution in [2.24, 2.45) is 11.8 Å². The second kappa shape index (κ2) is 18.3. The van der Waals surface area contributed by atoms with Gasteiger partial charge in [-0.2, -0.15) is 0 Å². The van der Waals surface area contributed by atoms with Gasteiger partial charge in [0.15, 0.2) is 0 Å². The molecule has 3 heterocycles. The Morgan fingerprint density at radius 3 is 2.20 bits per heavy atom. The molecular weight excluding hydrogens is 623 g/mol. The first-order valence-electron chi connectivity index (χ1n) is 18.6. The molecule has 0 radical (unpaired) electrons. The number of rotatable bonds is 15. The Kier molecular flexibility index (Phi) is 13.1. The number of hydrogen-bond acceptors (Lipinski definition) is 4. The van der Waals surface area contributed by atoms with E-state index in [0.29, 0.717) is 19.5 Å². The second-order valence-corrected chi connectivity index (χ2v) is 15.2. The van der Waals surface area contributed by atoms with Gasteiger partial charge >= 0.3 is 0 Å². The number of likely N-dealkylation sites (tertiary alicyclic amines) is 1. The summed E-state index contributed by atoms with van der Waals surface area (Å²) in [5, 5.41) is 5.58. The molecule has 49 heavy (non-hydrogen) atoms. The maximum atomic E-state index is 13.6. The van der Waals surface area contributed by atoms with Crippen LogP contribution in [0.1, 0.15) is 84.1 Å². The van der Waals surface area contributed by atoms with Gasteiger partial charge in [-0.1, -0.05) is 86.0 Å². The van der Waals surface area contributed by atoms with Crippen LogP contribution >= 0.6 is 11.3 Å². The Morgan fingerprint density at radius 2 is 1.45 bits per heavy atom. The van der Waals surface area contributed by atoms with Crippen LogP contribution in [0.4, 0.5) is 0 Å². The highest BCUT2D eigenvalue weighted by Crippen LogP contribution is 2.28. The first kappa shape index (κ1) is 35.1. The standard InChI is InChI=1S/C43H53N3O2S/c47-42(19-6-13-34-9-2-1-3-10-34)46(29-24-41-18-8-30-49-41)33-37-14-5-15-38(31-37)39-16-7-17-40(32-39)43(48)45-27-22-36(23-28-45)12-4-11-35-20-25-44-26-21-35/h1-3,5,7-10,14-18,30-32,35-36,44H,4,6,11-13,19-29,33H2. The van der Waals surface area contributed by atoms with Crippen molar-refractivity contribution >= 4 is 23.2 Å². The summed E-state index contributed by atoms with van der Waals surface area (Å²) >= 11 is 1.75. The van der Waals surface area contributed by atoms with Crippen molar-refractivity contribution in [1.82, 2.24) is 15.1 Å². The van der Waals surface area contributed by atoms with Gasteiger partial charge in [0.1, 0.15) is 0 Å². The molecule has 0 bridgehead atoms. The van der Waals surface area contributed by atoms with E-state index >= 15 is 0 Å². The molecule has 2 fully saturated rings. The number of nitrogens with one attached hydrogen (secondary N) is 1. The van der Waals surface area contributed by atoms with Crippen molar-refractivity contribution < 1.29 is 9.59 Å². The maximum Gasteiger partial charge on any atom is 0.253 e. The van der Waals surface area contributed by atoms with Crippen molar-refractivity contribution in [3.8, 4) is 11.1 Å². The average molecular weight is 676 g/mol. The van der Waals surface area contributed by atoms with Gasteiger partial charge in [-0.3, -0.25) is 9.59 Å². The maximum absolute atomic E-state index is 13.6. The van der Waals surface area contributed by atoms with E-state index < -0.39 is 0 Å². The zero-order chi connectivity index (χ0) is 33.7. The molecule has 0 unspecified atom stereocenters. The summed E-state index contributed by atoms with van der Waals surface area (Å²) in [5.74, 6) is 2.01. The third-order valence-corrected chi connectivity index (χ3v) is 11.5. The molecule has 0 spiro atoms. The number of aryl methyl sites for hydroxylation is 1. The van der Waals surface area contributed by atoms with E-state index in [1.54, 1.807) is 11.3 Å². The number of benzene rings is 3. The Morgan fingerprint density at radius 1 is 0.735 bits per heavy atom. The molecule has 0 aliphatic carbocycles. The van der Waals surface area contributed by atoms with Crippen LogP contribution in [0.25, 0.3) is 11.1 Å². The lowest BCUT2D eigenvalue weighted by Crippen LogP contribution is -2.38. The molecule has 6 heteroatoms. The van der Waals surface area contributed by atoms with Crippen molar-refractivity contribution in [3.05, 3.63) is 118 Å². The summed E-state index contributed by atoms with van der Waals surface area (Å²) < 4.78 is 0. The molecule has 2 aliphatic rings. The summed E-state index contributed by atoms with van der Waals surface area (Å²) in [7, 11) is 0. The van der Waals surface area contributed by atoms with Gasteiger partial charge in [0.05, 0.1) is 0 Å². The van der Waals surface area contributed by atoms with Crippen molar-refractivity contribution in [2.75, 3.05) is 32.7 Å². The van der Waals surface area contributed by atoms with Gasteiger partial charge < -0.3 is 15.1 Å². The van der Waals surface area contributed by atoms with Crippen molar-refractivity contribution in [2.45, 2.75) is 77.2 Å². The molecule has 0 saturated carbocycles. The third-order valence-electron chi connectivity index (χ3n) is 10.6. The molecule has 6 rings (SSSR count).